The molecule has 0 saturated carbocycles. The quantitative estimate of drug-likeness (QED) is 0.514. The second-order valence-electron chi connectivity index (χ2n) is 5.06. The summed E-state index contributed by atoms with van der Waals surface area (Å²) in [6, 6.07) is 5.98. The Balaban J connectivity index is 2.36. The predicted molar refractivity (Wildman–Crippen MR) is 77.1 cm³/mol. The van der Waals surface area contributed by atoms with Gasteiger partial charge in [0.15, 0.2) is 0 Å². The molecule has 0 aromatic heterocycles. The van der Waals surface area contributed by atoms with Gasteiger partial charge in [0.1, 0.15) is 34.9 Å². The Hall–Kier alpha value is -2.76. The van der Waals surface area contributed by atoms with E-state index in [2.05, 4.69) is 0 Å². The zero-order valence-corrected chi connectivity index (χ0v) is 11.9. The molecule has 3 aromatic carbocycles. The van der Waals surface area contributed by atoms with Gasteiger partial charge in [0.05, 0.1) is 0 Å². The Labute approximate surface area is 133 Å². The highest BCUT2D eigenvalue weighted by Gasteiger charge is 2.20. The van der Waals surface area contributed by atoms with Gasteiger partial charge < -0.3 is 0 Å². The molecule has 3 rings (SSSR count). The molecular formula is C18H8F6. The van der Waals surface area contributed by atoms with E-state index in [1.807, 2.05) is 0 Å². The van der Waals surface area contributed by atoms with Crippen molar-refractivity contribution in [2.24, 2.45) is 0 Å². The van der Waals surface area contributed by atoms with E-state index >= 15 is 0 Å². The van der Waals surface area contributed by atoms with Crippen molar-refractivity contribution in [2.75, 3.05) is 0 Å². The fraction of sp³-hybridized carbons (Fsp3) is 0. The number of rotatable bonds is 2. The van der Waals surface area contributed by atoms with Crippen LogP contribution in [-0.2, 0) is 0 Å². The largest absolute Gasteiger partial charge is 0.207 e. The molecule has 0 N–H and O–H groups in total. The van der Waals surface area contributed by atoms with E-state index < -0.39 is 46.0 Å². The van der Waals surface area contributed by atoms with Gasteiger partial charge in [-0.3, -0.25) is 0 Å². The Morgan fingerprint density at radius 2 is 1.00 bits per heavy atom. The second kappa shape index (κ2) is 6.03. The minimum absolute atomic E-state index is 0.339. The van der Waals surface area contributed by atoms with Gasteiger partial charge in [0.25, 0.3) is 0 Å². The van der Waals surface area contributed by atoms with Crippen LogP contribution in [-0.4, -0.2) is 0 Å². The lowest BCUT2D eigenvalue weighted by atomic mass is 9.93. The number of halogens is 6. The Kier molecular flexibility index (Phi) is 4.05. The van der Waals surface area contributed by atoms with Crippen molar-refractivity contribution in [3.8, 4) is 22.3 Å². The van der Waals surface area contributed by atoms with Crippen LogP contribution in [0.15, 0.2) is 48.5 Å². The zero-order chi connectivity index (χ0) is 17.4. The van der Waals surface area contributed by atoms with Crippen molar-refractivity contribution < 1.29 is 26.3 Å². The molecule has 0 bridgehead atoms. The molecule has 0 atom stereocenters. The molecule has 0 aliphatic rings. The third kappa shape index (κ3) is 2.87. The van der Waals surface area contributed by atoms with Crippen LogP contribution in [0.2, 0.25) is 0 Å². The van der Waals surface area contributed by atoms with Crippen molar-refractivity contribution in [3.63, 3.8) is 0 Å². The molecule has 0 aliphatic heterocycles. The normalized spacial score (nSPS) is 10.9. The van der Waals surface area contributed by atoms with E-state index in [0.29, 0.717) is 12.1 Å². The van der Waals surface area contributed by atoms with E-state index in [1.165, 1.54) is 0 Å². The summed E-state index contributed by atoms with van der Waals surface area (Å²) in [7, 11) is 0. The summed E-state index contributed by atoms with van der Waals surface area (Å²) < 4.78 is 82.4. The minimum atomic E-state index is -1.20. The van der Waals surface area contributed by atoms with E-state index in [1.54, 1.807) is 0 Å². The average molecular weight is 338 g/mol. The summed E-state index contributed by atoms with van der Waals surface area (Å²) in [6.07, 6.45) is 0. The molecule has 0 saturated heterocycles. The summed E-state index contributed by atoms with van der Waals surface area (Å²) in [4.78, 5) is 0. The first-order valence-electron chi connectivity index (χ1n) is 6.76. The lowest BCUT2D eigenvalue weighted by molar-refractivity contribution is 0.578. The summed E-state index contributed by atoms with van der Waals surface area (Å²) >= 11 is 0. The molecule has 6 heteroatoms. The van der Waals surface area contributed by atoms with Crippen molar-refractivity contribution in [1.29, 1.82) is 0 Å². The SMILES string of the molecule is Fc1ccc(-c2cc(F)cc(F)c2-c2cc(F)ccc2F)c(F)c1. The maximum Gasteiger partial charge on any atom is 0.134 e. The molecule has 0 spiro atoms. The van der Waals surface area contributed by atoms with Crippen molar-refractivity contribution >= 4 is 0 Å². The molecule has 0 fully saturated rings. The standard InChI is InChI=1S/C18H8F6/c19-9-2-4-15(22)14(5-9)18-13(6-11(21)8-17(18)24)12-3-1-10(20)7-16(12)23/h1-8H. The molecule has 0 unspecified atom stereocenters. The second-order valence-corrected chi connectivity index (χ2v) is 5.06. The van der Waals surface area contributed by atoms with Crippen LogP contribution < -0.4 is 0 Å². The van der Waals surface area contributed by atoms with Crippen LogP contribution in [0.25, 0.3) is 22.3 Å². The predicted octanol–water partition coefficient (Wildman–Crippen LogP) is 5.86. The molecule has 0 radical (unpaired) electrons. The van der Waals surface area contributed by atoms with Crippen molar-refractivity contribution in [2.45, 2.75) is 0 Å². The van der Waals surface area contributed by atoms with Crippen molar-refractivity contribution in [3.05, 3.63) is 83.4 Å². The van der Waals surface area contributed by atoms with E-state index in [-0.39, 0.29) is 11.1 Å². The topological polar surface area (TPSA) is 0 Å². The average Bonchev–Trinajstić information content (AvgIpc) is 2.49. The zero-order valence-electron chi connectivity index (χ0n) is 11.9. The minimum Gasteiger partial charge on any atom is -0.207 e. The lowest BCUT2D eigenvalue weighted by Crippen LogP contribution is -1.97. The van der Waals surface area contributed by atoms with Gasteiger partial charge in [-0.25, -0.2) is 26.3 Å². The highest BCUT2D eigenvalue weighted by molar-refractivity contribution is 5.84. The van der Waals surface area contributed by atoms with Gasteiger partial charge in [0, 0.05) is 28.8 Å². The summed E-state index contributed by atoms with van der Waals surface area (Å²) in [5.74, 6) is -6.01. The van der Waals surface area contributed by atoms with Crippen LogP contribution in [0.4, 0.5) is 26.3 Å². The number of benzene rings is 3. The third-order valence-corrected chi connectivity index (χ3v) is 3.47. The Morgan fingerprint density at radius 1 is 0.417 bits per heavy atom. The molecule has 0 aliphatic carbocycles. The van der Waals surface area contributed by atoms with Gasteiger partial charge in [-0.2, -0.15) is 0 Å². The summed E-state index contributed by atoms with van der Waals surface area (Å²) in [5.41, 5.74) is -1.70. The first kappa shape index (κ1) is 16.1. The molecule has 0 nitrogen and oxygen atoms in total. The smallest absolute Gasteiger partial charge is 0.134 e. The van der Waals surface area contributed by atoms with E-state index in [0.717, 1.165) is 36.4 Å². The highest BCUT2D eigenvalue weighted by Crippen LogP contribution is 2.38. The van der Waals surface area contributed by atoms with Gasteiger partial charge in [-0.05, 0) is 42.0 Å². The number of hydrogen-bond donors (Lipinski definition) is 0. The summed E-state index contributed by atoms with van der Waals surface area (Å²) in [6.45, 7) is 0. The molecule has 122 valence electrons. The van der Waals surface area contributed by atoms with Crippen LogP contribution in [0.3, 0.4) is 0 Å². The van der Waals surface area contributed by atoms with E-state index in [9.17, 15) is 26.3 Å². The maximum atomic E-state index is 14.3. The molecule has 0 amide bonds. The molecule has 24 heavy (non-hydrogen) atoms. The van der Waals surface area contributed by atoms with Gasteiger partial charge >= 0.3 is 0 Å². The van der Waals surface area contributed by atoms with Crippen molar-refractivity contribution in [1.82, 2.24) is 0 Å². The lowest BCUT2D eigenvalue weighted by Gasteiger charge is -2.13. The Bertz CT molecular complexity index is 933. The first-order valence-corrected chi connectivity index (χ1v) is 6.76. The first-order chi connectivity index (χ1) is 11.4. The van der Waals surface area contributed by atoms with Crippen LogP contribution >= 0.6 is 0 Å². The monoisotopic (exact) mass is 338 g/mol. The van der Waals surface area contributed by atoms with Crippen LogP contribution in [0, 0.1) is 34.9 Å². The fourth-order valence-corrected chi connectivity index (χ4v) is 2.46. The summed E-state index contributed by atoms with van der Waals surface area (Å²) in [5, 5.41) is 0. The third-order valence-electron chi connectivity index (χ3n) is 3.47. The fourth-order valence-electron chi connectivity index (χ4n) is 2.46. The van der Waals surface area contributed by atoms with Gasteiger partial charge in [-0.1, -0.05) is 0 Å². The van der Waals surface area contributed by atoms with Gasteiger partial charge in [-0.15, -0.1) is 0 Å². The molecular weight excluding hydrogens is 330 g/mol. The molecule has 3 aromatic rings. The molecule has 0 heterocycles. The van der Waals surface area contributed by atoms with Gasteiger partial charge in [0.2, 0.25) is 0 Å². The number of hydrogen-bond acceptors (Lipinski definition) is 0. The van der Waals surface area contributed by atoms with E-state index in [4.69, 9.17) is 0 Å². The van der Waals surface area contributed by atoms with Crippen LogP contribution in [0.5, 0.6) is 0 Å². The Morgan fingerprint density at radius 3 is 1.71 bits per heavy atom. The maximum absolute atomic E-state index is 14.3. The highest BCUT2D eigenvalue weighted by atomic mass is 19.2. The van der Waals surface area contributed by atoms with Crippen LogP contribution in [0.1, 0.15) is 0 Å².